The summed E-state index contributed by atoms with van der Waals surface area (Å²) in [6, 6.07) is 8.18. The maximum Gasteiger partial charge on any atom is 0.101 e. The molecule has 1 unspecified atom stereocenters. The van der Waals surface area contributed by atoms with Crippen LogP contribution < -0.4 is 10.2 Å². The largest absolute Gasteiger partial charge is 0.369 e. The molecule has 0 radical (unpaired) electrons. The van der Waals surface area contributed by atoms with Crippen LogP contribution in [-0.2, 0) is 0 Å². The van der Waals surface area contributed by atoms with Crippen molar-refractivity contribution in [2.45, 2.75) is 13.0 Å². The summed E-state index contributed by atoms with van der Waals surface area (Å²) in [6.45, 7) is 5.10. The van der Waals surface area contributed by atoms with Gasteiger partial charge in [0.25, 0.3) is 0 Å². The molecule has 0 aliphatic carbocycles. The first-order chi connectivity index (χ1) is 7.70. The third-order valence-electron chi connectivity index (χ3n) is 2.81. The molecule has 0 amide bonds. The molecule has 1 aromatic carbocycles. The van der Waals surface area contributed by atoms with Crippen LogP contribution in [-0.4, -0.2) is 25.7 Å². The molecule has 0 aromatic heterocycles. The molecular weight excluding hydrogens is 222 g/mol. The molecule has 16 heavy (non-hydrogen) atoms. The molecule has 1 saturated heterocycles. The van der Waals surface area contributed by atoms with Crippen molar-refractivity contribution in [2.24, 2.45) is 0 Å². The highest BCUT2D eigenvalue weighted by Gasteiger charge is 2.16. The van der Waals surface area contributed by atoms with Crippen molar-refractivity contribution in [3.05, 3.63) is 28.8 Å². The van der Waals surface area contributed by atoms with Crippen LogP contribution in [0.25, 0.3) is 0 Å². The summed E-state index contributed by atoms with van der Waals surface area (Å²) in [5.41, 5.74) is 1.63. The van der Waals surface area contributed by atoms with E-state index in [0.717, 1.165) is 25.3 Å². The number of rotatable bonds is 1. The van der Waals surface area contributed by atoms with Gasteiger partial charge in [0.05, 0.1) is 10.6 Å². The Balaban J connectivity index is 2.21. The molecule has 1 fully saturated rings. The Kier molecular flexibility index (Phi) is 3.33. The Hall–Kier alpha value is -1.24. The average Bonchev–Trinajstić information content (AvgIpc) is 2.29. The number of hydrogen-bond donors (Lipinski definition) is 1. The topological polar surface area (TPSA) is 39.1 Å². The minimum atomic E-state index is 0.489. The van der Waals surface area contributed by atoms with Crippen molar-refractivity contribution in [3.8, 4) is 6.07 Å². The molecule has 1 aromatic rings. The van der Waals surface area contributed by atoms with Gasteiger partial charge in [0, 0.05) is 31.4 Å². The second-order valence-electron chi connectivity index (χ2n) is 4.08. The maximum absolute atomic E-state index is 8.80. The Bertz CT molecular complexity index is 425. The van der Waals surface area contributed by atoms with Crippen LogP contribution in [0.2, 0.25) is 5.02 Å². The van der Waals surface area contributed by atoms with Crippen molar-refractivity contribution >= 4 is 17.3 Å². The zero-order valence-corrected chi connectivity index (χ0v) is 9.96. The van der Waals surface area contributed by atoms with E-state index in [1.165, 1.54) is 0 Å². The van der Waals surface area contributed by atoms with Crippen LogP contribution in [0.1, 0.15) is 12.5 Å². The van der Waals surface area contributed by atoms with Gasteiger partial charge in [-0.25, -0.2) is 0 Å². The van der Waals surface area contributed by atoms with Crippen molar-refractivity contribution in [1.82, 2.24) is 5.32 Å². The summed E-state index contributed by atoms with van der Waals surface area (Å²) in [5.74, 6) is 0. The van der Waals surface area contributed by atoms with Gasteiger partial charge < -0.3 is 10.2 Å². The van der Waals surface area contributed by atoms with Gasteiger partial charge >= 0.3 is 0 Å². The molecule has 1 atom stereocenters. The van der Waals surface area contributed by atoms with Gasteiger partial charge in [-0.3, -0.25) is 0 Å². The number of nitrogens with zero attached hydrogens (tertiary/aromatic N) is 2. The lowest BCUT2D eigenvalue weighted by molar-refractivity contribution is 0.485. The van der Waals surface area contributed by atoms with E-state index in [0.29, 0.717) is 16.6 Å². The van der Waals surface area contributed by atoms with E-state index in [2.05, 4.69) is 23.2 Å². The lowest BCUT2D eigenvalue weighted by Gasteiger charge is -2.33. The van der Waals surface area contributed by atoms with Gasteiger partial charge in [-0.1, -0.05) is 11.6 Å². The molecule has 0 saturated carbocycles. The van der Waals surface area contributed by atoms with Gasteiger partial charge in [-0.15, -0.1) is 0 Å². The molecule has 1 N–H and O–H groups in total. The standard InChI is InChI=1S/C12H14ClN3/c1-9-8-16(5-4-15-9)11-3-2-10(7-14)12(13)6-11/h2-3,6,9,15H,4-5,8H2,1H3. The molecule has 4 heteroatoms. The molecule has 2 rings (SSSR count). The zero-order valence-electron chi connectivity index (χ0n) is 9.20. The van der Waals surface area contributed by atoms with E-state index in [4.69, 9.17) is 16.9 Å². The molecule has 0 spiro atoms. The van der Waals surface area contributed by atoms with Crippen LogP contribution in [0.4, 0.5) is 5.69 Å². The number of benzene rings is 1. The number of halogens is 1. The Labute approximate surface area is 101 Å². The molecule has 1 aliphatic heterocycles. The van der Waals surface area contributed by atoms with Crippen LogP contribution in [0.5, 0.6) is 0 Å². The van der Waals surface area contributed by atoms with Gasteiger partial charge in [-0.2, -0.15) is 5.26 Å². The zero-order chi connectivity index (χ0) is 11.5. The molecule has 1 aliphatic rings. The summed E-state index contributed by atoms with van der Waals surface area (Å²) in [7, 11) is 0. The van der Waals surface area contributed by atoms with E-state index < -0.39 is 0 Å². The fourth-order valence-electron chi connectivity index (χ4n) is 1.96. The molecular formula is C12H14ClN3. The van der Waals surface area contributed by atoms with E-state index in [1.807, 2.05) is 12.1 Å². The third kappa shape index (κ3) is 2.29. The number of anilines is 1. The highest BCUT2D eigenvalue weighted by molar-refractivity contribution is 6.32. The van der Waals surface area contributed by atoms with Crippen LogP contribution in [0.3, 0.4) is 0 Å². The van der Waals surface area contributed by atoms with Gasteiger partial charge in [0.15, 0.2) is 0 Å². The minimum Gasteiger partial charge on any atom is -0.369 e. The highest BCUT2D eigenvalue weighted by Crippen LogP contribution is 2.23. The number of nitrogens with one attached hydrogen (secondary N) is 1. The first-order valence-electron chi connectivity index (χ1n) is 5.38. The highest BCUT2D eigenvalue weighted by atomic mass is 35.5. The summed E-state index contributed by atoms with van der Waals surface area (Å²) in [4.78, 5) is 2.29. The Morgan fingerprint density at radius 2 is 2.38 bits per heavy atom. The van der Waals surface area contributed by atoms with E-state index in [-0.39, 0.29) is 0 Å². The molecule has 3 nitrogen and oxygen atoms in total. The first-order valence-corrected chi connectivity index (χ1v) is 5.76. The smallest absolute Gasteiger partial charge is 0.101 e. The van der Waals surface area contributed by atoms with Crippen molar-refractivity contribution in [1.29, 1.82) is 5.26 Å². The predicted octanol–water partition coefficient (Wildman–Crippen LogP) is 2.01. The third-order valence-corrected chi connectivity index (χ3v) is 3.12. The lowest BCUT2D eigenvalue weighted by Crippen LogP contribution is -2.49. The van der Waals surface area contributed by atoms with Gasteiger partial charge in [-0.05, 0) is 25.1 Å². The second kappa shape index (κ2) is 4.73. The lowest BCUT2D eigenvalue weighted by atomic mass is 10.1. The normalized spacial score (nSPS) is 20.6. The SMILES string of the molecule is CC1CN(c2ccc(C#N)c(Cl)c2)CCN1. The number of piperazine rings is 1. The molecule has 0 bridgehead atoms. The Morgan fingerprint density at radius 1 is 1.56 bits per heavy atom. The monoisotopic (exact) mass is 235 g/mol. The average molecular weight is 236 g/mol. The van der Waals surface area contributed by atoms with E-state index >= 15 is 0 Å². The summed E-state index contributed by atoms with van der Waals surface area (Å²) in [6.07, 6.45) is 0. The van der Waals surface area contributed by atoms with Gasteiger partial charge in [0.1, 0.15) is 6.07 Å². The first kappa shape index (κ1) is 11.3. The maximum atomic E-state index is 8.80. The number of nitriles is 1. The summed E-state index contributed by atoms with van der Waals surface area (Å²) in [5, 5.41) is 12.7. The minimum absolute atomic E-state index is 0.489. The van der Waals surface area contributed by atoms with Crippen molar-refractivity contribution in [3.63, 3.8) is 0 Å². The Morgan fingerprint density at radius 3 is 3.00 bits per heavy atom. The quantitative estimate of drug-likeness (QED) is 0.810. The van der Waals surface area contributed by atoms with Crippen molar-refractivity contribution in [2.75, 3.05) is 24.5 Å². The summed E-state index contributed by atoms with van der Waals surface area (Å²) < 4.78 is 0. The van der Waals surface area contributed by atoms with Crippen LogP contribution >= 0.6 is 11.6 Å². The van der Waals surface area contributed by atoms with Crippen LogP contribution in [0.15, 0.2) is 18.2 Å². The molecule has 84 valence electrons. The molecule has 1 heterocycles. The van der Waals surface area contributed by atoms with E-state index in [9.17, 15) is 0 Å². The van der Waals surface area contributed by atoms with Crippen molar-refractivity contribution < 1.29 is 0 Å². The van der Waals surface area contributed by atoms with Gasteiger partial charge in [0.2, 0.25) is 0 Å². The fourth-order valence-corrected chi connectivity index (χ4v) is 2.18. The second-order valence-corrected chi connectivity index (χ2v) is 4.48. The van der Waals surface area contributed by atoms with Crippen LogP contribution in [0, 0.1) is 11.3 Å². The number of hydrogen-bond acceptors (Lipinski definition) is 3. The summed E-state index contributed by atoms with van der Waals surface area (Å²) >= 11 is 6.02. The fraction of sp³-hybridized carbons (Fsp3) is 0.417. The predicted molar refractivity (Wildman–Crippen MR) is 65.8 cm³/mol. The van der Waals surface area contributed by atoms with E-state index in [1.54, 1.807) is 6.07 Å².